The summed E-state index contributed by atoms with van der Waals surface area (Å²) in [5, 5.41) is 3.77. The predicted molar refractivity (Wildman–Crippen MR) is 257 cm³/mol. The van der Waals surface area contributed by atoms with Gasteiger partial charge in [0.2, 0.25) is 0 Å². The van der Waals surface area contributed by atoms with Crippen molar-refractivity contribution >= 4 is 72.3 Å². The van der Waals surface area contributed by atoms with Gasteiger partial charge in [0, 0.05) is 48.5 Å². The molecule has 0 spiro atoms. The molecule has 10 rings (SSSR count). The van der Waals surface area contributed by atoms with Crippen LogP contribution in [-0.2, 0) is 0 Å². The van der Waals surface area contributed by atoms with Crippen LogP contribution < -0.4 is 4.90 Å². The number of aromatic nitrogens is 1. The van der Waals surface area contributed by atoms with Crippen molar-refractivity contribution in [3.8, 4) is 27.9 Å². The zero-order valence-electron chi connectivity index (χ0n) is 32.9. The molecule has 7 aromatic carbocycles. The maximum atomic E-state index is 4.15. The van der Waals surface area contributed by atoms with Crippen LogP contribution >= 0.6 is 11.3 Å². The van der Waals surface area contributed by atoms with Gasteiger partial charge >= 0.3 is 0 Å². The van der Waals surface area contributed by atoms with E-state index in [9.17, 15) is 0 Å². The summed E-state index contributed by atoms with van der Waals surface area (Å²) >= 11 is 1.81. The molecule has 0 atom stereocenters. The number of allylic oxidation sites excluding steroid dienone is 6. The van der Waals surface area contributed by atoms with Gasteiger partial charge in [0.05, 0.1) is 11.0 Å². The third kappa shape index (κ3) is 6.66. The van der Waals surface area contributed by atoms with E-state index >= 15 is 0 Å². The quantitative estimate of drug-likeness (QED) is 0.142. The van der Waals surface area contributed by atoms with Crippen molar-refractivity contribution < 1.29 is 0 Å². The number of hydrogen-bond acceptors (Lipinski definition) is 2. The maximum Gasteiger partial charge on any atom is 0.0547 e. The first-order valence-corrected chi connectivity index (χ1v) is 21.0. The molecule has 0 bridgehead atoms. The van der Waals surface area contributed by atoms with Crippen LogP contribution in [0.3, 0.4) is 0 Å². The van der Waals surface area contributed by atoms with Crippen LogP contribution in [0.2, 0.25) is 0 Å². The lowest BCUT2D eigenvalue weighted by molar-refractivity contribution is 1.18. The van der Waals surface area contributed by atoms with E-state index in [0.29, 0.717) is 0 Å². The molecule has 0 aliphatic heterocycles. The van der Waals surface area contributed by atoms with E-state index in [2.05, 4.69) is 229 Å². The number of fused-ring (bicyclic) bond motifs is 4. The van der Waals surface area contributed by atoms with E-state index in [0.717, 1.165) is 29.2 Å². The Morgan fingerprint density at radius 1 is 0.610 bits per heavy atom. The first-order valence-electron chi connectivity index (χ1n) is 20.2. The van der Waals surface area contributed by atoms with E-state index in [1.54, 1.807) is 0 Å². The Bertz CT molecular complexity index is 3120. The molecule has 0 radical (unpaired) electrons. The molecule has 59 heavy (non-hydrogen) atoms. The molecule has 2 heterocycles. The Hall–Kier alpha value is -7.20. The molecule has 0 saturated carbocycles. The summed E-state index contributed by atoms with van der Waals surface area (Å²) < 4.78 is 3.66. The number of anilines is 2. The Labute approximate surface area is 350 Å². The molecule has 0 unspecified atom stereocenters. The van der Waals surface area contributed by atoms with Crippen molar-refractivity contribution in [1.29, 1.82) is 0 Å². The van der Waals surface area contributed by atoms with Crippen LogP contribution in [0, 0.1) is 0 Å². The topological polar surface area (TPSA) is 8.17 Å². The molecule has 1 aliphatic rings. The highest BCUT2D eigenvalue weighted by Gasteiger charge is 2.19. The lowest BCUT2D eigenvalue weighted by atomic mass is 10.00. The third-order valence-electron chi connectivity index (χ3n) is 11.3. The Balaban J connectivity index is 1.08. The predicted octanol–water partition coefficient (Wildman–Crippen LogP) is 16.1. The monoisotopic (exact) mass is 774 g/mol. The van der Waals surface area contributed by atoms with Gasteiger partial charge in [-0.2, -0.15) is 0 Å². The minimum absolute atomic E-state index is 0.823. The Morgan fingerprint density at radius 2 is 1.24 bits per heavy atom. The summed E-state index contributed by atoms with van der Waals surface area (Å²) in [6, 6.07) is 61.6. The van der Waals surface area contributed by atoms with Crippen molar-refractivity contribution in [2.75, 3.05) is 4.90 Å². The van der Waals surface area contributed by atoms with Gasteiger partial charge in [-0.3, -0.25) is 0 Å². The van der Waals surface area contributed by atoms with Crippen LogP contribution in [0.1, 0.15) is 29.3 Å². The van der Waals surface area contributed by atoms with E-state index in [-0.39, 0.29) is 0 Å². The van der Waals surface area contributed by atoms with E-state index in [1.807, 2.05) is 17.4 Å². The molecule has 0 amide bonds. The van der Waals surface area contributed by atoms with Crippen LogP contribution in [0.5, 0.6) is 0 Å². The summed E-state index contributed by atoms with van der Waals surface area (Å²) in [6.07, 6.45) is 16.4. The minimum Gasteiger partial charge on any atom is -0.311 e. The van der Waals surface area contributed by atoms with Crippen molar-refractivity contribution in [3.63, 3.8) is 0 Å². The fourth-order valence-electron chi connectivity index (χ4n) is 8.54. The van der Waals surface area contributed by atoms with Gasteiger partial charge in [-0.1, -0.05) is 164 Å². The normalized spacial score (nSPS) is 12.9. The zero-order chi connectivity index (χ0) is 39.7. The molecule has 2 nitrogen and oxygen atoms in total. The standard InChI is InChI=1S/C56H42N2S/c1-3-16-51-52-25-15-24-48(56(52)59-55(51)4-2)43-19-11-12-22-47(37-43)57(45-32-27-40(28-33-45)39-17-7-5-8-18-39)46-34-29-41(30-35-46)42-31-36-50-49-23-13-14-26-53(49)58(54(50)38-42)44-20-9-6-10-21-44/h3-11,13-38H,2,12H2,1H3/b16-3-. The number of hydrogen-bond donors (Lipinski definition) is 0. The summed E-state index contributed by atoms with van der Waals surface area (Å²) in [5.41, 5.74) is 15.3. The SMILES string of the molecule is C=Cc1sc2c(C3=CC(N(c4ccc(-c5ccccc5)cc4)c4ccc(-c5ccc6c7ccccc7n(-c7ccccc7)c6c5)cc4)=CCC=C3)cccc2c1/C=C\C. The number of rotatable bonds is 9. The lowest BCUT2D eigenvalue weighted by Crippen LogP contribution is -2.15. The second-order valence-corrected chi connectivity index (χ2v) is 15.9. The highest BCUT2D eigenvalue weighted by Crippen LogP contribution is 2.41. The lowest BCUT2D eigenvalue weighted by Gasteiger charge is -2.27. The summed E-state index contributed by atoms with van der Waals surface area (Å²) in [7, 11) is 0. The fourth-order valence-corrected chi connectivity index (χ4v) is 9.71. The molecule has 3 heteroatoms. The van der Waals surface area contributed by atoms with Crippen molar-refractivity contribution in [2.45, 2.75) is 13.3 Å². The maximum absolute atomic E-state index is 4.15. The Morgan fingerprint density at radius 3 is 1.97 bits per heavy atom. The van der Waals surface area contributed by atoms with Crippen LogP contribution in [-0.4, -0.2) is 4.57 Å². The van der Waals surface area contributed by atoms with Gasteiger partial charge in [-0.15, -0.1) is 11.3 Å². The van der Waals surface area contributed by atoms with Gasteiger partial charge < -0.3 is 9.47 Å². The average molecular weight is 775 g/mol. The Kier molecular flexibility index (Phi) is 9.58. The molecule has 2 aromatic heterocycles. The highest BCUT2D eigenvalue weighted by atomic mass is 32.1. The van der Waals surface area contributed by atoms with Crippen LogP contribution in [0.15, 0.2) is 213 Å². The first kappa shape index (κ1) is 36.2. The van der Waals surface area contributed by atoms with Gasteiger partial charge in [0.25, 0.3) is 0 Å². The second-order valence-electron chi connectivity index (χ2n) is 14.8. The van der Waals surface area contributed by atoms with Crippen molar-refractivity contribution in [3.05, 3.63) is 229 Å². The van der Waals surface area contributed by atoms with Gasteiger partial charge in [0.1, 0.15) is 0 Å². The minimum atomic E-state index is 0.823. The molecular weight excluding hydrogens is 733 g/mol. The number of benzene rings is 7. The van der Waals surface area contributed by atoms with E-state index in [1.165, 1.54) is 75.7 Å². The van der Waals surface area contributed by atoms with Crippen LogP contribution in [0.25, 0.3) is 77.6 Å². The summed E-state index contributed by atoms with van der Waals surface area (Å²) in [6.45, 7) is 6.22. The van der Waals surface area contributed by atoms with Crippen molar-refractivity contribution in [2.24, 2.45) is 0 Å². The van der Waals surface area contributed by atoms with Gasteiger partial charge in [-0.05, 0) is 107 Å². The molecule has 0 saturated heterocycles. The number of nitrogens with zero attached hydrogens (tertiary/aromatic N) is 2. The molecule has 0 N–H and O–H groups in total. The van der Waals surface area contributed by atoms with E-state index in [4.69, 9.17) is 0 Å². The van der Waals surface area contributed by atoms with Crippen molar-refractivity contribution in [1.82, 2.24) is 4.57 Å². The second kappa shape index (κ2) is 15.6. The summed E-state index contributed by atoms with van der Waals surface area (Å²) in [4.78, 5) is 3.59. The van der Waals surface area contributed by atoms with Crippen LogP contribution in [0.4, 0.5) is 11.4 Å². The molecule has 9 aromatic rings. The largest absolute Gasteiger partial charge is 0.311 e. The zero-order valence-corrected chi connectivity index (χ0v) is 33.7. The molecule has 282 valence electrons. The van der Waals surface area contributed by atoms with E-state index < -0.39 is 0 Å². The first-order chi connectivity index (χ1) is 29.2. The molecular formula is C56H42N2S. The molecule has 1 aliphatic carbocycles. The average Bonchev–Trinajstić information content (AvgIpc) is 3.72. The number of thiophene rings is 1. The number of para-hydroxylation sites is 2. The summed E-state index contributed by atoms with van der Waals surface area (Å²) in [5.74, 6) is 0. The smallest absolute Gasteiger partial charge is 0.0547 e. The highest BCUT2D eigenvalue weighted by molar-refractivity contribution is 7.20. The molecule has 0 fully saturated rings. The third-order valence-corrected chi connectivity index (χ3v) is 12.6. The van der Waals surface area contributed by atoms with Gasteiger partial charge in [0.15, 0.2) is 0 Å². The fraction of sp³-hybridized carbons (Fsp3) is 0.0357. The van der Waals surface area contributed by atoms with Gasteiger partial charge in [-0.25, -0.2) is 0 Å².